The molecular formula is C15H15NO4S. The number of sulfonamides is 1. The second-order valence-corrected chi connectivity index (χ2v) is 6.12. The minimum Gasteiger partial charge on any atom is -0.465 e. The van der Waals surface area contributed by atoms with Crippen LogP contribution >= 0.6 is 0 Å². The second-order valence-electron chi connectivity index (χ2n) is 4.44. The monoisotopic (exact) mass is 305 g/mol. The Balaban J connectivity index is 2.36. The molecule has 0 saturated carbocycles. The van der Waals surface area contributed by atoms with Crippen molar-refractivity contribution in [1.82, 2.24) is 0 Å². The van der Waals surface area contributed by atoms with Crippen LogP contribution < -0.4 is 4.72 Å². The fourth-order valence-corrected chi connectivity index (χ4v) is 2.98. The Morgan fingerprint density at radius 1 is 1.10 bits per heavy atom. The molecule has 0 spiro atoms. The molecule has 0 aliphatic rings. The van der Waals surface area contributed by atoms with Crippen molar-refractivity contribution in [2.24, 2.45) is 0 Å². The molecule has 110 valence electrons. The van der Waals surface area contributed by atoms with Gasteiger partial charge in [-0.25, -0.2) is 13.2 Å². The summed E-state index contributed by atoms with van der Waals surface area (Å²) in [5.74, 6) is -0.581. The number of para-hydroxylation sites is 1. The Morgan fingerprint density at radius 3 is 2.48 bits per heavy atom. The Labute approximate surface area is 123 Å². The lowest BCUT2D eigenvalue weighted by atomic mass is 10.2. The maximum absolute atomic E-state index is 12.4. The lowest BCUT2D eigenvalue weighted by Crippen LogP contribution is -2.14. The average Bonchev–Trinajstić information content (AvgIpc) is 2.49. The second kappa shape index (κ2) is 5.97. The molecule has 2 aromatic carbocycles. The molecule has 2 aromatic rings. The van der Waals surface area contributed by atoms with Gasteiger partial charge in [-0.05, 0) is 36.8 Å². The predicted octanol–water partition coefficient (Wildman–Crippen LogP) is 2.58. The van der Waals surface area contributed by atoms with Crippen molar-refractivity contribution in [3.63, 3.8) is 0 Å². The Hall–Kier alpha value is -2.34. The van der Waals surface area contributed by atoms with Crippen LogP contribution in [0.3, 0.4) is 0 Å². The van der Waals surface area contributed by atoms with E-state index in [4.69, 9.17) is 0 Å². The fraction of sp³-hybridized carbons (Fsp3) is 0.133. The topological polar surface area (TPSA) is 72.5 Å². The third-order valence-electron chi connectivity index (χ3n) is 2.95. The van der Waals surface area contributed by atoms with E-state index >= 15 is 0 Å². The van der Waals surface area contributed by atoms with Crippen molar-refractivity contribution >= 4 is 21.7 Å². The summed E-state index contributed by atoms with van der Waals surface area (Å²) >= 11 is 0. The first-order valence-corrected chi connectivity index (χ1v) is 7.69. The smallest absolute Gasteiger partial charge is 0.337 e. The molecule has 0 atom stereocenters. The number of hydrogen-bond acceptors (Lipinski definition) is 4. The molecule has 2 rings (SSSR count). The van der Waals surface area contributed by atoms with Crippen molar-refractivity contribution < 1.29 is 17.9 Å². The number of nitrogens with one attached hydrogen (secondary N) is 1. The Morgan fingerprint density at radius 2 is 1.81 bits per heavy atom. The van der Waals surface area contributed by atoms with Crippen LogP contribution in [0.2, 0.25) is 0 Å². The van der Waals surface area contributed by atoms with Gasteiger partial charge in [-0.3, -0.25) is 4.72 Å². The Kier molecular flexibility index (Phi) is 4.28. The van der Waals surface area contributed by atoms with Gasteiger partial charge < -0.3 is 4.74 Å². The zero-order valence-electron chi connectivity index (χ0n) is 11.7. The van der Waals surface area contributed by atoms with Crippen LogP contribution in [-0.4, -0.2) is 21.5 Å². The molecular weight excluding hydrogens is 290 g/mol. The molecule has 0 heterocycles. The highest BCUT2D eigenvalue weighted by molar-refractivity contribution is 7.92. The fourth-order valence-electron chi connectivity index (χ4n) is 1.80. The van der Waals surface area contributed by atoms with Gasteiger partial charge in [-0.2, -0.15) is 0 Å². The zero-order chi connectivity index (χ0) is 15.5. The Bertz CT molecular complexity index is 769. The molecule has 0 radical (unpaired) electrons. The molecule has 0 unspecified atom stereocenters. The molecule has 0 bridgehead atoms. The van der Waals surface area contributed by atoms with E-state index in [0.29, 0.717) is 5.69 Å². The van der Waals surface area contributed by atoms with Crippen LogP contribution in [0.1, 0.15) is 15.9 Å². The van der Waals surface area contributed by atoms with Crippen molar-refractivity contribution in [3.05, 3.63) is 59.7 Å². The van der Waals surface area contributed by atoms with E-state index < -0.39 is 16.0 Å². The predicted molar refractivity (Wildman–Crippen MR) is 79.8 cm³/mol. The average molecular weight is 305 g/mol. The molecule has 0 aliphatic heterocycles. The number of anilines is 1. The highest BCUT2D eigenvalue weighted by Gasteiger charge is 2.17. The van der Waals surface area contributed by atoms with E-state index in [1.54, 1.807) is 12.1 Å². The third kappa shape index (κ3) is 3.41. The number of ether oxygens (including phenoxy) is 1. The number of methoxy groups -OCH3 is 1. The first-order valence-electron chi connectivity index (χ1n) is 6.21. The number of esters is 1. The van der Waals surface area contributed by atoms with E-state index in [2.05, 4.69) is 9.46 Å². The SMILES string of the molecule is COC(=O)c1cccc(S(=O)(=O)Nc2ccccc2C)c1. The van der Waals surface area contributed by atoms with Crippen LogP contribution in [0.4, 0.5) is 5.69 Å². The van der Waals surface area contributed by atoms with E-state index in [1.165, 1.54) is 31.4 Å². The standard InChI is InChI=1S/C15H15NO4S/c1-11-6-3-4-9-14(11)16-21(18,19)13-8-5-7-12(10-13)15(17)20-2/h3-10,16H,1-2H3. The summed E-state index contributed by atoms with van der Waals surface area (Å²) in [4.78, 5) is 11.5. The summed E-state index contributed by atoms with van der Waals surface area (Å²) < 4.78 is 31.8. The van der Waals surface area contributed by atoms with Gasteiger partial charge in [0.25, 0.3) is 10.0 Å². The molecule has 1 N–H and O–H groups in total. The highest BCUT2D eigenvalue weighted by atomic mass is 32.2. The largest absolute Gasteiger partial charge is 0.465 e. The maximum Gasteiger partial charge on any atom is 0.337 e. The van der Waals surface area contributed by atoms with Crippen molar-refractivity contribution in [3.8, 4) is 0 Å². The normalized spacial score (nSPS) is 11.0. The molecule has 21 heavy (non-hydrogen) atoms. The quantitative estimate of drug-likeness (QED) is 0.881. The van der Waals surface area contributed by atoms with Gasteiger partial charge in [0, 0.05) is 0 Å². The lowest BCUT2D eigenvalue weighted by Gasteiger charge is -2.11. The van der Waals surface area contributed by atoms with Crippen LogP contribution in [0.15, 0.2) is 53.4 Å². The van der Waals surface area contributed by atoms with E-state index in [0.717, 1.165) is 5.56 Å². The van der Waals surface area contributed by atoms with Gasteiger partial charge in [0.2, 0.25) is 0 Å². The zero-order valence-corrected chi connectivity index (χ0v) is 12.5. The molecule has 0 saturated heterocycles. The number of rotatable bonds is 4. The summed E-state index contributed by atoms with van der Waals surface area (Å²) in [5.41, 5.74) is 1.50. The molecule has 0 aliphatic carbocycles. The van der Waals surface area contributed by atoms with E-state index in [9.17, 15) is 13.2 Å². The minimum atomic E-state index is -3.76. The van der Waals surface area contributed by atoms with Crippen LogP contribution in [0.25, 0.3) is 0 Å². The first-order chi connectivity index (χ1) is 9.94. The van der Waals surface area contributed by atoms with Gasteiger partial charge in [0.05, 0.1) is 23.3 Å². The third-order valence-corrected chi connectivity index (χ3v) is 4.32. The van der Waals surface area contributed by atoms with Gasteiger partial charge in [0.1, 0.15) is 0 Å². The van der Waals surface area contributed by atoms with E-state index in [-0.39, 0.29) is 10.5 Å². The number of carbonyl (C=O) groups is 1. The summed E-state index contributed by atoms with van der Waals surface area (Å²) in [5, 5.41) is 0. The van der Waals surface area contributed by atoms with Gasteiger partial charge in [0.15, 0.2) is 0 Å². The number of carbonyl (C=O) groups excluding carboxylic acids is 1. The van der Waals surface area contributed by atoms with Crippen molar-refractivity contribution in [1.29, 1.82) is 0 Å². The van der Waals surface area contributed by atoms with Crippen LogP contribution in [-0.2, 0) is 14.8 Å². The minimum absolute atomic E-state index is 0.00801. The summed E-state index contributed by atoms with van der Waals surface area (Å²) in [6, 6.07) is 12.8. The maximum atomic E-state index is 12.4. The molecule has 5 nitrogen and oxygen atoms in total. The van der Waals surface area contributed by atoms with Crippen LogP contribution in [0.5, 0.6) is 0 Å². The summed E-state index contributed by atoms with van der Waals surface area (Å²) in [6.45, 7) is 1.81. The van der Waals surface area contributed by atoms with E-state index in [1.807, 2.05) is 19.1 Å². The molecule has 0 fully saturated rings. The highest BCUT2D eigenvalue weighted by Crippen LogP contribution is 2.20. The molecule has 6 heteroatoms. The van der Waals surface area contributed by atoms with Crippen molar-refractivity contribution in [2.45, 2.75) is 11.8 Å². The lowest BCUT2D eigenvalue weighted by molar-refractivity contribution is 0.0600. The van der Waals surface area contributed by atoms with Crippen molar-refractivity contribution in [2.75, 3.05) is 11.8 Å². The summed E-state index contributed by atoms with van der Waals surface area (Å²) in [6.07, 6.45) is 0. The number of aryl methyl sites for hydroxylation is 1. The van der Waals surface area contributed by atoms with Gasteiger partial charge >= 0.3 is 5.97 Å². The number of hydrogen-bond donors (Lipinski definition) is 1. The number of benzene rings is 2. The van der Waals surface area contributed by atoms with Gasteiger partial charge in [-0.1, -0.05) is 24.3 Å². The van der Waals surface area contributed by atoms with Crippen LogP contribution in [0, 0.1) is 6.92 Å². The van der Waals surface area contributed by atoms with Gasteiger partial charge in [-0.15, -0.1) is 0 Å². The molecule has 0 amide bonds. The summed E-state index contributed by atoms with van der Waals surface area (Å²) in [7, 11) is -2.51. The molecule has 0 aromatic heterocycles. The first kappa shape index (κ1) is 15.1.